The average Bonchev–Trinajstić information content (AvgIpc) is 2.74. The molecule has 0 spiro atoms. The van der Waals surface area contributed by atoms with E-state index >= 15 is 0 Å². The molecule has 1 aliphatic heterocycles. The van der Waals surface area contributed by atoms with Crippen LogP contribution in [0, 0.1) is 13.8 Å². The largest absolute Gasteiger partial charge is 0.444 e. The molecule has 1 aliphatic rings. The van der Waals surface area contributed by atoms with Crippen LogP contribution in [-0.4, -0.2) is 35.0 Å². The molecule has 106 valence electrons. The van der Waals surface area contributed by atoms with Gasteiger partial charge in [-0.2, -0.15) is 0 Å². The number of carbonyl (C=O) groups excluding carboxylic acids is 1. The summed E-state index contributed by atoms with van der Waals surface area (Å²) in [6.07, 6.45) is 2.30. The van der Waals surface area contributed by atoms with Crippen LogP contribution in [-0.2, 0) is 11.3 Å². The molecule has 0 aliphatic carbocycles. The number of nitrogens with one attached hydrogen (secondary N) is 2. The minimum atomic E-state index is 0.0528. The van der Waals surface area contributed by atoms with Crippen LogP contribution < -0.4 is 10.6 Å². The zero-order valence-electron chi connectivity index (χ0n) is 11.5. The molecule has 0 aromatic carbocycles. The lowest BCUT2D eigenvalue weighted by atomic mass is 10.2. The Morgan fingerprint density at radius 1 is 1.47 bits per heavy atom. The number of thioether (sulfide) groups is 1. The van der Waals surface area contributed by atoms with E-state index in [2.05, 4.69) is 15.6 Å². The predicted octanol–water partition coefficient (Wildman–Crippen LogP) is 1.39. The maximum atomic E-state index is 11.7. The van der Waals surface area contributed by atoms with Crippen molar-refractivity contribution in [3.63, 3.8) is 0 Å². The van der Waals surface area contributed by atoms with Gasteiger partial charge in [-0.1, -0.05) is 0 Å². The van der Waals surface area contributed by atoms with E-state index in [9.17, 15) is 4.79 Å². The quantitative estimate of drug-likeness (QED) is 0.855. The Kier molecular flexibility index (Phi) is 5.27. The molecule has 0 atom stereocenters. The van der Waals surface area contributed by atoms with Gasteiger partial charge in [-0.15, -0.1) is 11.8 Å². The summed E-state index contributed by atoms with van der Waals surface area (Å²) in [5, 5.41) is 6.78. The van der Waals surface area contributed by atoms with Gasteiger partial charge >= 0.3 is 0 Å². The van der Waals surface area contributed by atoms with Gasteiger partial charge in [0.2, 0.25) is 11.8 Å². The van der Waals surface area contributed by atoms with Crippen LogP contribution in [0.1, 0.15) is 30.2 Å². The molecule has 1 amide bonds. The zero-order valence-corrected chi connectivity index (χ0v) is 12.3. The standard InChI is InChI=1S/C13H21N3O2S/c1-9-10(2)18-13(16-9)7-15-12(17)8-19-11-3-5-14-6-4-11/h11,14H,3-8H2,1-2H3,(H,15,17). The molecule has 6 heteroatoms. The number of piperidine rings is 1. The number of hydrogen-bond donors (Lipinski definition) is 2. The Balaban J connectivity index is 1.66. The first-order valence-electron chi connectivity index (χ1n) is 6.67. The number of oxazole rings is 1. The molecule has 1 aromatic rings. The van der Waals surface area contributed by atoms with Crippen LogP contribution >= 0.6 is 11.8 Å². The normalized spacial score (nSPS) is 16.5. The first-order chi connectivity index (χ1) is 9.15. The van der Waals surface area contributed by atoms with Gasteiger partial charge in [-0.25, -0.2) is 4.98 Å². The first kappa shape index (κ1) is 14.4. The number of amides is 1. The van der Waals surface area contributed by atoms with Gasteiger partial charge in [0, 0.05) is 5.25 Å². The smallest absolute Gasteiger partial charge is 0.230 e. The zero-order chi connectivity index (χ0) is 13.7. The van der Waals surface area contributed by atoms with Crippen molar-refractivity contribution in [2.45, 2.75) is 38.5 Å². The van der Waals surface area contributed by atoms with E-state index in [1.807, 2.05) is 13.8 Å². The lowest BCUT2D eigenvalue weighted by Gasteiger charge is -2.21. The summed E-state index contributed by atoms with van der Waals surface area (Å²) in [7, 11) is 0. The number of rotatable bonds is 5. The molecule has 2 rings (SSSR count). The third-order valence-corrected chi connectivity index (χ3v) is 4.62. The van der Waals surface area contributed by atoms with Gasteiger partial charge in [0.05, 0.1) is 18.0 Å². The summed E-state index contributed by atoms with van der Waals surface area (Å²) in [6.45, 7) is 6.28. The lowest BCUT2D eigenvalue weighted by molar-refractivity contribution is -0.118. The van der Waals surface area contributed by atoms with E-state index in [4.69, 9.17) is 4.42 Å². The van der Waals surface area contributed by atoms with E-state index in [-0.39, 0.29) is 5.91 Å². The average molecular weight is 283 g/mol. The maximum absolute atomic E-state index is 11.7. The second kappa shape index (κ2) is 6.96. The third-order valence-electron chi connectivity index (χ3n) is 3.25. The third kappa shape index (κ3) is 4.54. The highest BCUT2D eigenvalue weighted by Gasteiger charge is 2.15. The van der Waals surface area contributed by atoms with Crippen molar-refractivity contribution in [2.75, 3.05) is 18.8 Å². The SMILES string of the molecule is Cc1nc(CNC(=O)CSC2CCNCC2)oc1C. The van der Waals surface area contributed by atoms with Gasteiger partial charge in [0.1, 0.15) is 5.76 Å². The summed E-state index contributed by atoms with van der Waals surface area (Å²) < 4.78 is 5.42. The highest BCUT2D eigenvalue weighted by molar-refractivity contribution is 8.00. The van der Waals surface area contributed by atoms with E-state index < -0.39 is 0 Å². The number of aromatic nitrogens is 1. The molecule has 2 N–H and O–H groups in total. The van der Waals surface area contributed by atoms with Crippen LogP contribution in [0.25, 0.3) is 0 Å². The molecule has 2 heterocycles. The molecule has 0 unspecified atom stereocenters. The van der Waals surface area contributed by atoms with E-state index in [0.717, 1.165) is 37.4 Å². The Hall–Kier alpha value is -1.01. The maximum Gasteiger partial charge on any atom is 0.230 e. The van der Waals surface area contributed by atoms with E-state index in [1.54, 1.807) is 11.8 Å². The van der Waals surface area contributed by atoms with Crippen molar-refractivity contribution < 1.29 is 9.21 Å². The van der Waals surface area contributed by atoms with Crippen LogP contribution in [0.5, 0.6) is 0 Å². The van der Waals surface area contributed by atoms with Gasteiger partial charge in [0.25, 0.3) is 0 Å². The molecule has 1 aromatic heterocycles. The Bertz CT molecular complexity index is 408. The summed E-state index contributed by atoms with van der Waals surface area (Å²) in [6, 6.07) is 0. The first-order valence-corrected chi connectivity index (χ1v) is 7.72. The fourth-order valence-electron chi connectivity index (χ4n) is 2.00. The molecule has 1 fully saturated rings. The van der Waals surface area contributed by atoms with Crippen molar-refractivity contribution in [3.8, 4) is 0 Å². The van der Waals surface area contributed by atoms with E-state index in [1.165, 1.54) is 0 Å². The Morgan fingerprint density at radius 2 is 2.21 bits per heavy atom. The van der Waals surface area contributed by atoms with Crippen LogP contribution in [0.4, 0.5) is 0 Å². The molecule has 1 saturated heterocycles. The number of aryl methyl sites for hydroxylation is 2. The van der Waals surface area contributed by atoms with Crippen LogP contribution in [0.15, 0.2) is 4.42 Å². The van der Waals surface area contributed by atoms with Gasteiger partial charge < -0.3 is 15.1 Å². The number of hydrogen-bond acceptors (Lipinski definition) is 5. The van der Waals surface area contributed by atoms with Crippen molar-refractivity contribution in [1.82, 2.24) is 15.6 Å². The highest BCUT2D eigenvalue weighted by Crippen LogP contribution is 2.19. The Morgan fingerprint density at radius 3 is 2.84 bits per heavy atom. The minimum Gasteiger partial charge on any atom is -0.444 e. The molecule has 19 heavy (non-hydrogen) atoms. The van der Waals surface area contributed by atoms with Crippen molar-refractivity contribution in [1.29, 1.82) is 0 Å². The molecular formula is C13H21N3O2S. The Labute approximate surface area is 117 Å². The van der Waals surface area contributed by atoms with Gasteiger partial charge in [-0.05, 0) is 39.8 Å². The number of carbonyl (C=O) groups is 1. The van der Waals surface area contributed by atoms with Gasteiger partial charge in [0.15, 0.2) is 0 Å². The van der Waals surface area contributed by atoms with Crippen LogP contribution in [0.3, 0.4) is 0 Å². The summed E-state index contributed by atoms with van der Waals surface area (Å²) in [4.78, 5) is 16.0. The lowest BCUT2D eigenvalue weighted by Crippen LogP contribution is -2.31. The number of nitrogens with zero attached hydrogens (tertiary/aromatic N) is 1. The van der Waals surface area contributed by atoms with Crippen LogP contribution in [0.2, 0.25) is 0 Å². The molecular weight excluding hydrogens is 262 g/mol. The minimum absolute atomic E-state index is 0.0528. The molecule has 0 saturated carbocycles. The summed E-state index contributed by atoms with van der Waals surface area (Å²) >= 11 is 1.75. The van der Waals surface area contributed by atoms with Gasteiger partial charge in [-0.3, -0.25) is 4.79 Å². The second-order valence-corrected chi connectivity index (χ2v) is 6.07. The second-order valence-electron chi connectivity index (χ2n) is 4.79. The van der Waals surface area contributed by atoms with Crippen molar-refractivity contribution in [3.05, 3.63) is 17.3 Å². The molecule has 5 nitrogen and oxygen atoms in total. The summed E-state index contributed by atoms with van der Waals surface area (Å²) in [5.41, 5.74) is 0.883. The van der Waals surface area contributed by atoms with Crippen molar-refractivity contribution >= 4 is 17.7 Å². The fraction of sp³-hybridized carbons (Fsp3) is 0.692. The highest BCUT2D eigenvalue weighted by atomic mass is 32.2. The summed E-state index contributed by atoms with van der Waals surface area (Å²) in [5.74, 6) is 1.96. The topological polar surface area (TPSA) is 67.2 Å². The predicted molar refractivity (Wildman–Crippen MR) is 76.2 cm³/mol. The monoisotopic (exact) mass is 283 g/mol. The molecule has 0 bridgehead atoms. The van der Waals surface area contributed by atoms with E-state index in [0.29, 0.717) is 23.4 Å². The fourth-order valence-corrected chi connectivity index (χ4v) is 3.05. The molecule has 0 radical (unpaired) electrons. The van der Waals surface area contributed by atoms with Crippen molar-refractivity contribution in [2.24, 2.45) is 0 Å².